The molecule has 0 saturated carbocycles. The summed E-state index contributed by atoms with van der Waals surface area (Å²) in [4.78, 5) is 14.6. The molecule has 1 aromatic carbocycles. The van der Waals surface area contributed by atoms with Crippen LogP contribution in [0.3, 0.4) is 0 Å². The highest BCUT2D eigenvalue weighted by Gasteiger charge is 2.26. The Labute approximate surface area is 187 Å². The molecule has 3 rings (SSSR count). The Morgan fingerprint density at radius 3 is 2.68 bits per heavy atom. The van der Waals surface area contributed by atoms with Crippen molar-refractivity contribution in [1.82, 2.24) is 19.4 Å². The van der Waals surface area contributed by atoms with E-state index in [1.165, 1.54) is 10.4 Å². The molecular weight excluding hydrogens is 438 g/mol. The number of piperidine rings is 1. The number of sulfonamides is 1. The summed E-state index contributed by atoms with van der Waals surface area (Å²) in [5.74, 6) is 0.312. The lowest BCUT2D eigenvalue weighted by Crippen LogP contribution is -2.35. The van der Waals surface area contributed by atoms with Crippen LogP contribution in [-0.2, 0) is 14.8 Å². The maximum Gasteiger partial charge on any atom is 0.277 e. The molecule has 1 atom stereocenters. The van der Waals surface area contributed by atoms with Gasteiger partial charge in [-0.25, -0.2) is 8.42 Å². The summed E-state index contributed by atoms with van der Waals surface area (Å²) in [5.41, 5.74) is 0.438. The zero-order chi connectivity index (χ0) is 22.4. The monoisotopic (exact) mass is 467 g/mol. The van der Waals surface area contributed by atoms with Crippen LogP contribution in [0.4, 0.5) is 5.69 Å². The summed E-state index contributed by atoms with van der Waals surface area (Å²) < 4.78 is 32.9. The fourth-order valence-electron chi connectivity index (χ4n) is 3.49. The Bertz CT molecular complexity index is 987. The zero-order valence-electron chi connectivity index (χ0n) is 18.1. The van der Waals surface area contributed by atoms with Gasteiger partial charge in [-0.2, -0.15) is 4.31 Å². The van der Waals surface area contributed by atoms with Gasteiger partial charge in [-0.05, 0) is 51.6 Å². The fourth-order valence-corrected chi connectivity index (χ4v) is 5.62. The average Bonchev–Trinajstić information content (AvgIpc) is 3.22. The first-order valence-electron chi connectivity index (χ1n) is 10.3. The molecule has 2 heterocycles. The summed E-state index contributed by atoms with van der Waals surface area (Å²) in [6.07, 6.45) is 3.63. The summed E-state index contributed by atoms with van der Waals surface area (Å²) >= 11 is 1.14. The van der Waals surface area contributed by atoms with Crippen LogP contribution in [0.1, 0.15) is 44.5 Å². The van der Waals surface area contributed by atoms with Gasteiger partial charge in [0.15, 0.2) is 0 Å². The van der Waals surface area contributed by atoms with E-state index in [0.29, 0.717) is 29.9 Å². The SMILES string of the molecule is CC[C@H](c1nnc(SCC(=O)Nc2cccc(S(=O)(=O)N3CCCCC3)c2)o1)N(C)C. The van der Waals surface area contributed by atoms with Crippen LogP contribution < -0.4 is 5.32 Å². The van der Waals surface area contributed by atoms with E-state index in [4.69, 9.17) is 4.42 Å². The molecule has 1 N–H and O–H groups in total. The summed E-state index contributed by atoms with van der Waals surface area (Å²) in [6.45, 7) is 3.11. The number of hydrogen-bond donors (Lipinski definition) is 1. The van der Waals surface area contributed by atoms with Crippen molar-refractivity contribution < 1.29 is 17.6 Å². The van der Waals surface area contributed by atoms with Crippen molar-refractivity contribution in [2.45, 2.75) is 48.8 Å². The standard InChI is InChI=1S/C20H29N5O4S2/c1-4-17(24(2)3)19-22-23-20(29-19)30-14-18(26)21-15-9-8-10-16(13-15)31(27,28)25-11-6-5-7-12-25/h8-10,13,17H,4-7,11-12,14H2,1-3H3,(H,21,26)/t17-/m1/s1. The number of nitrogens with zero attached hydrogens (tertiary/aromatic N) is 4. The second-order valence-electron chi connectivity index (χ2n) is 7.62. The number of carbonyl (C=O) groups is 1. The lowest BCUT2D eigenvalue weighted by molar-refractivity contribution is -0.113. The molecule has 0 radical (unpaired) electrons. The Hall–Kier alpha value is -1.95. The van der Waals surface area contributed by atoms with Gasteiger partial charge in [-0.3, -0.25) is 9.69 Å². The van der Waals surface area contributed by atoms with Gasteiger partial charge in [-0.1, -0.05) is 31.2 Å². The lowest BCUT2D eigenvalue weighted by Gasteiger charge is -2.26. The highest BCUT2D eigenvalue weighted by molar-refractivity contribution is 7.99. The number of rotatable bonds is 9. The predicted octanol–water partition coefficient (Wildman–Crippen LogP) is 2.99. The minimum atomic E-state index is -3.55. The first kappa shape index (κ1) is 23.7. The van der Waals surface area contributed by atoms with Crippen LogP contribution in [0.5, 0.6) is 0 Å². The molecule has 0 bridgehead atoms. The van der Waals surface area contributed by atoms with Gasteiger partial charge < -0.3 is 9.73 Å². The summed E-state index contributed by atoms with van der Waals surface area (Å²) in [6, 6.07) is 6.39. The van der Waals surface area contributed by atoms with Gasteiger partial charge in [-0.15, -0.1) is 10.2 Å². The first-order chi connectivity index (χ1) is 14.8. The number of nitrogens with one attached hydrogen (secondary N) is 1. The van der Waals surface area contributed by atoms with E-state index >= 15 is 0 Å². The number of hydrogen-bond acceptors (Lipinski definition) is 8. The minimum absolute atomic E-state index is 0.0280. The molecule has 9 nitrogen and oxygen atoms in total. The number of benzene rings is 1. The fraction of sp³-hybridized carbons (Fsp3) is 0.550. The quantitative estimate of drug-likeness (QED) is 0.561. The van der Waals surface area contributed by atoms with E-state index in [2.05, 4.69) is 15.5 Å². The normalized spacial score (nSPS) is 16.4. The molecule has 0 aliphatic carbocycles. The van der Waals surface area contributed by atoms with E-state index < -0.39 is 10.0 Å². The largest absolute Gasteiger partial charge is 0.414 e. The maximum atomic E-state index is 12.8. The Balaban J connectivity index is 1.59. The molecule has 1 aliphatic rings. The van der Waals surface area contributed by atoms with Gasteiger partial charge in [0.1, 0.15) is 0 Å². The Morgan fingerprint density at radius 1 is 1.26 bits per heavy atom. The number of aromatic nitrogens is 2. The third-order valence-corrected chi connectivity index (χ3v) is 7.83. The van der Waals surface area contributed by atoms with Crippen molar-refractivity contribution in [1.29, 1.82) is 0 Å². The molecule has 170 valence electrons. The topological polar surface area (TPSA) is 109 Å². The third-order valence-electron chi connectivity index (χ3n) is 5.11. The van der Waals surface area contributed by atoms with Gasteiger partial charge >= 0.3 is 0 Å². The number of amides is 1. The smallest absolute Gasteiger partial charge is 0.277 e. The second kappa shape index (κ2) is 10.6. The first-order valence-corrected chi connectivity index (χ1v) is 12.8. The highest BCUT2D eigenvalue weighted by Crippen LogP contribution is 2.25. The second-order valence-corrected chi connectivity index (χ2v) is 10.5. The molecule has 1 fully saturated rings. The summed E-state index contributed by atoms with van der Waals surface area (Å²) in [7, 11) is 0.334. The van der Waals surface area contributed by atoms with E-state index in [1.807, 2.05) is 25.9 Å². The van der Waals surface area contributed by atoms with Crippen LogP contribution in [-0.4, -0.2) is 66.7 Å². The Morgan fingerprint density at radius 2 is 2.00 bits per heavy atom. The van der Waals surface area contributed by atoms with Crippen molar-refractivity contribution in [2.24, 2.45) is 0 Å². The molecule has 1 saturated heterocycles. The third kappa shape index (κ3) is 6.06. The lowest BCUT2D eigenvalue weighted by atomic mass is 10.2. The van der Waals surface area contributed by atoms with E-state index in [9.17, 15) is 13.2 Å². The molecule has 1 amide bonds. The predicted molar refractivity (Wildman–Crippen MR) is 119 cm³/mol. The number of anilines is 1. The minimum Gasteiger partial charge on any atom is -0.414 e. The van der Waals surface area contributed by atoms with Crippen molar-refractivity contribution in [2.75, 3.05) is 38.3 Å². The van der Waals surface area contributed by atoms with E-state index in [1.54, 1.807) is 18.2 Å². The van der Waals surface area contributed by atoms with Crippen molar-refractivity contribution in [3.63, 3.8) is 0 Å². The molecule has 1 aromatic heterocycles. The Kier molecular flexibility index (Phi) is 8.09. The molecule has 0 spiro atoms. The van der Waals surface area contributed by atoms with Crippen molar-refractivity contribution in [3.8, 4) is 0 Å². The molecule has 1 aliphatic heterocycles. The maximum absolute atomic E-state index is 12.8. The molecule has 31 heavy (non-hydrogen) atoms. The average molecular weight is 468 g/mol. The molecule has 2 aromatic rings. The van der Waals surface area contributed by atoms with Crippen LogP contribution in [0.25, 0.3) is 0 Å². The zero-order valence-corrected chi connectivity index (χ0v) is 19.7. The van der Waals surface area contributed by atoms with E-state index in [-0.39, 0.29) is 22.6 Å². The van der Waals surface area contributed by atoms with Crippen LogP contribution >= 0.6 is 11.8 Å². The van der Waals surface area contributed by atoms with Crippen molar-refractivity contribution in [3.05, 3.63) is 30.2 Å². The highest BCUT2D eigenvalue weighted by atomic mass is 32.2. The summed E-state index contributed by atoms with van der Waals surface area (Å²) in [5, 5.41) is 11.1. The number of thioether (sulfide) groups is 1. The molecule has 0 unspecified atom stereocenters. The van der Waals surface area contributed by atoms with E-state index in [0.717, 1.165) is 37.4 Å². The van der Waals surface area contributed by atoms with Gasteiger partial charge in [0.25, 0.3) is 5.22 Å². The van der Waals surface area contributed by atoms with Crippen LogP contribution in [0.15, 0.2) is 38.8 Å². The van der Waals surface area contributed by atoms with Gasteiger partial charge in [0, 0.05) is 18.8 Å². The number of carbonyl (C=O) groups excluding carboxylic acids is 1. The van der Waals surface area contributed by atoms with Gasteiger partial charge in [0.2, 0.25) is 21.8 Å². The van der Waals surface area contributed by atoms with Crippen molar-refractivity contribution >= 4 is 33.4 Å². The molecular formula is C20H29N5O4S2. The molecule has 11 heteroatoms. The van der Waals surface area contributed by atoms with Crippen LogP contribution in [0, 0.1) is 0 Å². The van der Waals surface area contributed by atoms with Crippen LogP contribution in [0.2, 0.25) is 0 Å². The van der Waals surface area contributed by atoms with Gasteiger partial charge in [0.05, 0.1) is 16.7 Å².